The molecule has 158 valence electrons. The summed E-state index contributed by atoms with van der Waals surface area (Å²) < 4.78 is 12.1. The Bertz CT molecular complexity index is 1050. The second kappa shape index (κ2) is 9.32. The Kier molecular flexibility index (Phi) is 7.00. The largest absolute Gasteiger partial charge is 0.465 e. The molecule has 3 rings (SSSR count). The monoisotopic (exact) mass is 440 g/mol. The van der Waals surface area contributed by atoms with Crippen LogP contribution in [0.4, 0.5) is 0 Å². The Morgan fingerprint density at radius 1 is 0.967 bits per heavy atom. The lowest BCUT2D eigenvalue weighted by atomic mass is 10.1. The fraction of sp³-hybridized carbons (Fsp3) is 0.320. The Labute approximate surface area is 184 Å². The van der Waals surface area contributed by atoms with E-state index in [-0.39, 0.29) is 23.7 Å². The Morgan fingerprint density at radius 3 is 2.30 bits per heavy atom. The van der Waals surface area contributed by atoms with Crippen molar-refractivity contribution >= 4 is 34.8 Å². The molecule has 0 amide bonds. The van der Waals surface area contributed by atoms with Crippen molar-refractivity contribution in [2.24, 2.45) is 5.92 Å². The minimum Gasteiger partial charge on any atom is -0.465 e. The Hall–Kier alpha value is -2.16. The molecule has 30 heavy (non-hydrogen) atoms. The summed E-state index contributed by atoms with van der Waals surface area (Å²) >= 11 is 6.14. The van der Waals surface area contributed by atoms with Crippen molar-refractivity contribution in [1.29, 1.82) is 0 Å². The predicted octanol–water partition coefficient (Wildman–Crippen LogP) is 6.79. The van der Waals surface area contributed by atoms with E-state index in [1.807, 2.05) is 67.6 Å². The van der Waals surface area contributed by atoms with Crippen LogP contribution in [0.25, 0.3) is 10.8 Å². The van der Waals surface area contributed by atoms with Gasteiger partial charge in [0.25, 0.3) is 0 Å². The summed E-state index contributed by atoms with van der Waals surface area (Å²) in [6.45, 7) is 8.45. The van der Waals surface area contributed by atoms with Crippen LogP contribution in [-0.4, -0.2) is 17.3 Å². The van der Waals surface area contributed by atoms with E-state index < -0.39 is 6.26 Å². The molecule has 0 radical (unpaired) electrons. The summed E-state index contributed by atoms with van der Waals surface area (Å²) in [5.74, 6) is 0.212. The van der Waals surface area contributed by atoms with Crippen LogP contribution in [0.2, 0.25) is 0 Å². The van der Waals surface area contributed by atoms with Crippen LogP contribution in [0.1, 0.15) is 33.3 Å². The van der Waals surface area contributed by atoms with Crippen molar-refractivity contribution in [2.45, 2.75) is 39.5 Å². The van der Waals surface area contributed by atoms with Crippen molar-refractivity contribution in [1.82, 2.24) is 0 Å². The molecule has 0 saturated carbocycles. The summed E-state index contributed by atoms with van der Waals surface area (Å²) in [5, 5.41) is 1.89. The number of benzene rings is 3. The molecule has 0 spiro atoms. The highest BCUT2D eigenvalue weighted by molar-refractivity contribution is 8.13. The number of rotatable bonds is 7. The van der Waals surface area contributed by atoms with Gasteiger partial charge in [-0.25, -0.2) is 0 Å². The number of hydrogen-bond donors (Lipinski definition) is 0. The van der Waals surface area contributed by atoms with Crippen LogP contribution in [0.5, 0.6) is 5.75 Å². The number of ether oxygens (including phenoxy) is 1. The maximum Gasteiger partial charge on any atom is 0.309 e. The molecule has 0 heterocycles. The standard InChI is InChI=1S/C25H29O3PS/c1-19(24(26)27-17-20-11-6-5-7-12-20)18-29(30,25(2,3)4)28-23-16-10-14-21-13-8-9-15-22(21)23/h5-16,19H,17-18H2,1-4H3/t19-,29?/m0/s1. The molecule has 3 aromatic carbocycles. The van der Waals surface area contributed by atoms with E-state index in [1.54, 1.807) is 0 Å². The van der Waals surface area contributed by atoms with Crippen LogP contribution in [-0.2, 0) is 27.9 Å². The van der Waals surface area contributed by atoms with Gasteiger partial charge >= 0.3 is 5.97 Å². The molecule has 0 aromatic heterocycles. The van der Waals surface area contributed by atoms with E-state index in [2.05, 4.69) is 32.9 Å². The molecule has 3 aromatic rings. The first-order valence-electron chi connectivity index (χ1n) is 10.2. The van der Waals surface area contributed by atoms with Gasteiger partial charge in [0.05, 0.1) is 5.92 Å². The normalized spacial score (nSPS) is 14.7. The fourth-order valence-electron chi connectivity index (χ4n) is 3.19. The number of esters is 1. The van der Waals surface area contributed by atoms with E-state index in [9.17, 15) is 4.79 Å². The third-order valence-electron chi connectivity index (χ3n) is 5.16. The molecule has 3 nitrogen and oxygen atoms in total. The predicted molar refractivity (Wildman–Crippen MR) is 129 cm³/mol. The minimum absolute atomic E-state index is 0.237. The molecule has 0 aliphatic carbocycles. The quantitative estimate of drug-likeness (QED) is 0.299. The van der Waals surface area contributed by atoms with E-state index in [0.717, 1.165) is 22.1 Å². The van der Waals surface area contributed by atoms with Gasteiger partial charge in [-0.1, -0.05) is 106 Å². The Balaban J connectivity index is 1.78. The maximum atomic E-state index is 12.7. The SMILES string of the molecule is C[C@@H](CP(=S)(Oc1cccc2ccccc12)C(C)(C)C)C(=O)OCc1ccccc1. The molecule has 0 aliphatic rings. The first kappa shape index (κ1) is 22.5. The average Bonchev–Trinajstić information content (AvgIpc) is 2.72. The third kappa shape index (κ3) is 5.30. The van der Waals surface area contributed by atoms with Gasteiger partial charge in [0, 0.05) is 16.7 Å². The van der Waals surface area contributed by atoms with Gasteiger partial charge in [-0.2, -0.15) is 0 Å². The number of carbonyl (C=O) groups is 1. The van der Waals surface area contributed by atoms with Crippen LogP contribution in [0.3, 0.4) is 0 Å². The summed E-state index contributed by atoms with van der Waals surface area (Å²) in [4.78, 5) is 12.7. The highest BCUT2D eigenvalue weighted by Crippen LogP contribution is 2.60. The highest BCUT2D eigenvalue weighted by atomic mass is 32.4. The van der Waals surface area contributed by atoms with Gasteiger partial charge in [-0.15, -0.1) is 0 Å². The van der Waals surface area contributed by atoms with E-state index >= 15 is 0 Å². The van der Waals surface area contributed by atoms with Crippen LogP contribution >= 0.6 is 6.26 Å². The number of hydrogen-bond acceptors (Lipinski definition) is 4. The zero-order valence-electron chi connectivity index (χ0n) is 18.0. The van der Waals surface area contributed by atoms with Crippen molar-refractivity contribution in [3.8, 4) is 5.75 Å². The van der Waals surface area contributed by atoms with E-state index in [4.69, 9.17) is 21.1 Å². The van der Waals surface area contributed by atoms with Gasteiger partial charge in [-0.3, -0.25) is 4.79 Å². The van der Waals surface area contributed by atoms with Crippen LogP contribution in [0, 0.1) is 5.92 Å². The Morgan fingerprint density at radius 2 is 1.60 bits per heavy atom. The number of fused-ring (bicyclic) bond motifs is 1. The topological polar surface area (TPSA) is 35.5 Å². The second-order valence-corrected chi connectivity index (χ2v) is 13.6. The van der Waals surface area contributed by atoms with E-state index in [0.29, 0.717) is 6.16 Å². The fourth-order valence-corrected chi connectivity index (χ4v) is 6.34. The summed E-state index contributed by atoms with van der Waals surface area (Å²) in [6, 6.07) is 23.8. The van der Waals surface area contributed by atoms with Gasteiger partial charge in [0.15, 0.2) is 0 Å². The molecule has 0 aliphatic heterocycles. The lowest BCUT2D eigenvalue weighted by Gasteiger charge is -2.36. The van der Waals surface area contributed by atoms with Gasteiger partial charge in [0.2, 0.25) is 0 Å². The molecule has 0 saturated heterocycles. The average molecular weight is 441 g/mol. The van der Waals surface area contributed by atoms with Crippen molar-refractivity contribution in [3.63, 3.8) is 0 Å². The van der Waals surface area contributed by atoms with Gasteiger partial charge in [-0.05, 0) is 17.0 Å². The van der Waals surface area contributed by atoms with Crippen LogP contribution < -0.4 is 4.52 Å². The van der Waals surface area contributed by atoms with Gasteiger partial charge < -0.3 is 9.26 Å². The second-order valence-electron chi connectivity index (χ2n) is 8.59. The maximum absolute atomic E-state index is 12.7. The van der Waals surface area contributed by atoms with Crippen molar-refractivity contribution in [2.75, 3.05) is 6.16 Å². The van der Waals surface area contributed by atoms with Crippen LogP contribution in [0.15, 0.2) is 72.8 Å². The molecule has 1 unspecified atom stereocenters. The summed E-state index contributed by atoms with van der Waals surface area (Å²) in [5.41, 5.74) is 0.973. The third-order valence-corrected chi connectivity index (χ3v) is 11.0. The highest BCUT2D eigenvalue weighted by Gasteiger charge is 2.38. The minimum atomic E-state index is -2.40. The molecule has 2 atom stereocenters. The van der Waals surface area contributed by atoms with Crippen molar-refractivity contribution in [3.05, 3.63) is 78.4 Å². The first-order chi connectivity index (χ1) is 14.2. The summed E-state index contributed by atoms with van der Waals surface area (Å²) in [6.07, 6.45) is -1.91. The smallest absolute Gasteiger partial charge is 0.309 e. The molecular formula is C25H29O3PS. The van der Waals surface area contributed by atoms with Crippen molar-refractivity contribution < 1.29 is 14.1 Å². The molecular weight excluding hydrogens is 411 g/mol. The zero-order chi connectivity index (χ0) is 21.8. The lowest BCUT2D eigenvalue weighted by molar-refractivity contribution is -0.148. The summed E-state index contributed by atoms with van der Waals surface area (Å²) in [7, 11) is 0. The zero-order valence-corrected chi connectivity index (χ0v) is 19.7. The van der Waals surface area contributed by atoms with E-state index in [1.165, 1.54) is 0 Å². The molecule has 0 N–H and O–H groups in total. The molecule has 5 heteroatoms. The molecule has 0 bridgehead atoms. The molecule has 0 fully saturated rings. The number of carbonyl (C=O) groups excluding carboxylic acids is 1. The first-order valence-corrected chi connectivity index (χ1v) is 13.1. The lowest BCUT2D eigenvalue weighted by Crippen LogP contribution is -2.27. The van der Waals surface area contributed by atoms with Gasteiger partial charge in [0.1, 0.15) is 18.6 Å².